The molecule has 0 unspecified atom stereocenters. The van der Waals surface area contributed by atoms with Crippen LogP contribution in [-0.2, 0) is 47.9 Å². The summed E-state index contributed by atoms with van der Waals surface area (Å²) in [4.78, 5) is 7.42. The van der Waals surface area contributed by atoms with E-state index < -0.39 is 10.0 Å². The first-order valence-electron chi connectivity index (χ1n) is 10.3. The van der Waals surface area contributed by atoms with E-state index in [1.54, 1.807) is 10.5 Å². The number of methoxy groups -OCH3 is 1. The van der Waals surface area contributed by atoms with E-state index in [0.29, 0.717) is 32.6 Å². The monoisotopic (exact) mass is 442 g/mol. The standard InChI is InChI=1S/C21H26N6O3S/c1-25-20-13-26(12-15-9-23-19-11-22-5-3-16(15)19)24-10-18(20)17-4-6-27(14-21(17)25)31(28,29)8-7-30-2/h3,5,9-11,23H,4,6-8,12-14H2,1-2H3. The fourth-order valence-corrected chi connectivity index (χ4v) is 5.87. The van der Waals surface area contributed by atoms with Crippen LogP contribution in [0.25, 0.3) is 10.9 Å². The number of nitrogens with zero attached hydrogens (tertiary/aromatic N) is 5. The van der Waals surface area contributed by atoms with Gasteiger partial charge in [-0.15, -0.1) is 0 Å². The average Bonchev–Trinajstić information content (AvgIpc) is 3.31. The maximum absolute atomic E-state index is 12.6. The number of rotatable bonds is 6. The predicted molar refractivity (Wildman–Crippen MR) is 118 cm³/mol. The van der Waals surface area contributed by atoms with Crippen LogP contribution in [0.2, 0.25) is 0 Å². The van der Waals surface area contributed by atoms with Crippen molar-refractivity contribution >= 4 is 27.1 Å². The van der Waals surface area contributed by atoms with Gasteiger partial charge in [-0.2, -0.15) is 9.41 Å². The Hall–Kier alpha value is -2.69. The second-order valence-corrected chi connectivity index (χ2v) is 10.1. The fraction of sp³-hybridized carbons (Fsp3) is 0.429. The quantitative estimate of drug-likeness (QED) is 0.625. The van der Waals surface area contributed by atoms with Crippen molar-refractivity contribution in [2.24, 2.45) is 12.1 Å². The van der Waals surface area contributed by atoms with Gasteiger partial charge in [0.05, 0.1) is 49.9 Å². The number of fused-ring (bicyclic) bond motifs is 4. The molecule has 0 amide bonds. The third-order valence-corrected chi connectivity index (χ3v) is 8.06. The van der Waals surface area contributed by atoms with Crippen LogP contribution >= 0.6 is 0 Å². The first kappa shape index (κ1) is 20.2. The Labute approximate surface area is 181 Å². The molecule has 31 heavy (non-hydrogen) atoms. The molecule has 0 fully saturated rings. The number of pyridine rings is 1. The lowest BCUT2D eigenvalue weighted by Gasteiger charge is -2.27. The van der Waals surface area contributed by atoms with Gasteiger partial charge in [-0.25, -0.2) is 8.42 Å². The van der Waals surface area contributed by atoms with Crippen LogP contribution in [0.15, 0.2) is 29.8 Å². The Bertz CT molecular complexity index is 1260. The lowest BCUT2D eigenvalue weighted by atomic mass is 10.0. The number of aromatic nitrogens is 3. The van der Waals surface area contributed by atoms with Crippen molar-refractivity contribution < 1.29 is 13.2 Å². The van der Waals surface area contributed by atoms with Crippen LogP contribution in [-0.4, -0.2) is 64.5 Å². The number of hydrogen-bond acceptors (Lipinski definition) is 6. The molecule has 2 aliphatic heterocycles. The molecule has 3 aromatic heterocycles. The highest BCUT2D eigenvalue weighted by molar-refractivity contribution is 7.89. The van der Waals surface area contributed by atoms with Crippen molar-refractivity contribution in [2.75, 3.05) is 26.0 Å². The summed E-state index contributed by atoms with van der Waals surface area (Å²) in [7, 11) is 0.217. The third-order valence-electron chi connectivity index (χ3n) is 6.27. The van der Waals surface area contributed by atoms with Crippen LogP contribution in [0.3, 0.4) is 0 Å². The molecular formula is C21H26N6O3S. The molecular weight excluding hydrogens is 416 g/mol. The average molecular weight is 443 g/mol. The number of nitrogens with one attached hydrogen (secondary N) is 1. The smallest absolute Gasteiger partial charge is 0.216 e. The highest BCUT2D eigenvalue weighted by Crippen LogP contribution is 2.31. The van der Waals surface area contributed by atoms with Gasteiger partial charge in [0.1, 0.15) is 0 Å². The minimum atomic E-state index is -3.33. The Morgan fingerprint density at radius 2 is 2.13 bits per heavy atom. The zero-order valence-corrected chi connectivity index (χ0v) is 18.5. The number of hydrogen-bond donors (Lipinski definition) is 1. The minimum absolute atomic E-state index is 0.0122. The summed E-state index contributed by atoms with van der Waals surface area (Å²) in [6.45, 7) is 2.47. The first-order chi connectivity index (χ1) is 15.0. The molecule has 5 heterocycles. The molecule has 0 radical (unpaired) electrons. The van der Waals surface area contributed by atoms with Crippen LogP contribution in [0.1, 0.15) is 28.1 Å². The minimum Gasteiger partial charge on any atom is -0.384 e. The number of sulfonamides is 1. The molecule has 9 nitrogen and oxygen atoms in total. The molecule has 0 aliphatic carbocycles. The highest BCUT2D eigenvalue weighted by Gasteiger charge is 2.32. The number of hydrazone groups is 1. The van der Waals surface area contributed by atoms with E-state index in [4.69, 9.17) is 9.84 Å². The number of H-pyrrole nitrogens is 1. The topological polar surface area (TPSA) is 95.8 Å². The van der Waals surface area contributed by atoms with Crippen molar-refractivity contribution in [3.05, 3.63) is 52.7 Å². The molecule has 1 N–H and O–H groups in total. The summed E-state index contributed by atoms with van der Waals surface area (Å²) >= 11 is 0. The van der Waals surface area contributed by atoms with Gasteiger partial charge in [0.2, 0.25) is 10.0 Å². The molecule has 0 aromatic carbocycles. The SMILES string of the molecule is COCCS(=O)(=O)N1CCc2c3c(n(C)c2C1)CN(Cc1c[nH]c2cnccc12)N=C3. The summed E-state index contributed by atoms with van der Waals surface area (Å²) < 4.78 is 34.0. The molecule has 3 aromatic rings. The van der Waals surface area contributed by atoms with Gasteiger partial charge in [0.15, 0.2) is 0 Å². The lowest BCUT2D eigenvalue weighted by Crippen LogP contribution is -2.38. The van der Waals surface area contributed by atoms with Crippen molar-refractivity contribution in [3.63, 3.8) is 0 Å². The molecule has 0 atom stereocenters. The van der Waals surface area contributed by atoms with E-state index in [9.17, 15) is 8.42 Å². The van der Waals surface area contributed by atoms with E-state index in [1.807, 2.05) is 36.7 Å². The van der Waals surface area contributed by atoms with E-state index in [0.717, 1.165) is 22.2 Å². The Morgan fingerprint density at radius 1 is 1.26 bits per heavy atom. The van der Waals surface area contributed by atoms with Crippen LogP contribution in [0, 0.1) is 0 Å². The number of aromatic amines is 1. The normalized spacial score (nSPS) is 16.6. The largest absolute Gasteiger partial charge is 0.384 e. The molecule has 2 aliphatic rings. The van der Waals surface area contributed by atoms with E-state index >= 15 is 0 Å². The Morgan fingerprint density at radius 3 is 2.97 bits per heavy atom. The summed E-state index contributed by atoms with van der Waals surface area (Å²) in [5.74, 6) is 0.0122. The van der Waals surface area contributed by atoms with Crippen LogP contribution < -0.4 is 0 Å². The summed E-state index contributed by atoms with van der Waals surface area (Å²) in [5.41, 5.74) is 6.79. The highest BCUT2D eigenvalue weighted by atomic mass is 32.2. The molecule has 164 valence electrons. The van der Waals surface area contributed by atoms with E-state index in [-0.39, 0.29) is 12.4 Å². The van der Waals surface area contributed by atoms with E-state index in [1.165, 1.54) is 23.9 Å². The predicted octanol–water partition coefficient (Wildman–Crippen LogP) is 1.59. The molecule has 5 rings (SSSR count). The van der Waals surface area contributed by atoms with Gasteiger partial charge in [0.25, 0.3) is 0 Å². The molecule has 0 saturated carbocycles. The first-order valence-corrected chi connectivity index (χ1v) is 11.9. The zero-order valence-electron chi connectivity index (χ0n) is 17.7. The van der Waals surface area contributed by atoms with E-state index in [2.05, 4.69) is 14.5 Å². The Kier molecular flexibility index (Phi) is 5.07. The lowest BCUT2D eigenvalue weighted by molar-refractivity contribution is 0.215. The second-order valence-electron chi connectivity index (χ2n) is 8.04. The van der Waals surface area contributed by atoms with Gasteiger partial charge >= 0.3 is 0 Å². The fourth-order valence-electron chi connectivity index (χ4n) is 4.55. The summed E-state index contributed by atoms with van der Waals surface area (Å²) in [6.07, 6.45) is 8.27. The maximum atomic E-state index is 12.6. The summed E-state index contributed by atoms with van der Waals surface area (Å²) in [5, 5.41) is 7.90. The summed E-state index contributed by atoms with van der Waals surface area (Å²) in [6, 6.07) is 2.01. The Balaban J connectivity index is 1.38. The molecule has 10 heteroatoms. The van der Waals surface area contributed by atoms with Gasteiger partial charge in [-0.3, -0.25) is 9.99 Å². The van der Waals surface area contributed by atoms with Crippen LogP contribution in [0.5, 0.6) is 0 Å². The molecule has 0 bridgehead atoms. The molecule has 0 saturated heterocycles. The van der Waals surface area contributed by atoms with Crippen molar-refractivity contribution in [1.82, 2.24) is 23.8 Å². The van der Waals surface area contributed by atoms with Crippen LogP contribution in [0.4, 0.5) is 0 Å². The van der Waals surface area contributed by atoms with Gasteiger partial charge in [-0.1, -0.05) is 0 Å². The molecule has 0 spiro atoms. The zero-order chi connectivity index (χ0) is 21.6. The number of ether oxygens (including phenoxy) is 1. The van der Waals surface area contributed by atoms with Gasteiger partial charge in [0, 0.05) is 55.4 Å². The van der Waals surface area contributed by atoms with Gasteiger partial charge < -0.3 is 14.3 Å². The van der Waals surface area contributed by atoms with Crippen molar-refractivity contribution in [2.45, 2.75) is 26.1 Å². The van der Waals surface area contributed by atoms with Gasteiger partial charge in [-0.05, 0) is 23.6 Å². The third kappa shape index (κ3) is 3.54. The van der Waals surface area contributed by atoms with Crippen molar-refractivity contribution in [1.29, 1.82) is 0 Å². The van der Waals surface area contributed by atoms with Crippen molar-refractivity contribution in [3.8, 4) is 0 Å². The maximum Gasteiger partial charge on any atom is 0.216 e. The second kappa shape index (κ2) is 7.77.